The number of methoxy groups -OCH3 is 1. The Morgan fingerprint density at radius 2 is 2.08 bits per heavy atom. The van der Waals surface area contributed by atoms with Crippen LogP contribution in [-0.2, 0) is 4.79 Å². The number of hydrogen-bond donors (Lipinski definition) is 1. The molecule has 1 aliphatic rings. The zero-order valence-electron chi connectivity index (χ0n) is 16.4. The number of nitrogens with zero attached hydrogens (tertiary/aromatic N) is 1. The van der Waals surface area contributed by atoms with Crippen molar-refractivity contribution >= 4 is 16.8 Å². The SMILES string of the molecule is CCCCC(CC)C(=O)N1CCC(c2c[nH]c3ccc(OC)cc23)CC1. The van der Waals surface area contributed by atoms with Crippen molar-refractivity contribution in [3.8, 4) is 5.75 Å². The minimum absolute atomic E-state index is 0.212. The number of benzene rings is 1. The Labute approximate surface area is 156 Å². The quantitative estimate of drug-likeness (QED) is 0.750. The number of aromatic nitrogens is 1. The van der Waals surface area contributed by atoms with E-state index in [4.69, 9.17) is 4.74 Å². The van der Waals surface area contributed by atoms with Crippen LogP contribution in [0.1, 0.15) is 63.9 Å². The van der Waals surface area contributed by atoms with Gasteiger partial charge in [0.15, 0.2) is 0 Å². The molecule has 1 aliphatic heterocycles. The summed E-state index contributed by atoms with van der Waals surface area (Å²) >= 11 is 0. The van der Waals surface area contributed by atoms with E-state index in [1.807, 2.05) is 6.07 Å². The molecule has 1 amide bonds. The number of aromatic amines is 1. The fourth-order valence-electron chi connectivity index (χ4n) is 4.21. The lowest BCUT2D eigenvalue weighted by Gasteiger charge is -2.34. The number of unbranched alkanes of at least 4 members (excludes halogenated alkanes) is 1. The van der Waals surface area contributed by atoms with Crippen LogP contribution in [0.4, 0.5) is 0 Å². The van der Waals surface area contributed by atoms with Gasteiger partial charge in [-0.05, 0) is 55.4 Å². The summed E-state index contributed by atoms with van der Waals surface area (Å²) in [5.74, 6) is 1.99. The highest BCUT2D eigenvalue weighted by Gasteiger charge is 2.28. The predicted octanol–water partition coefficient (Wildman–Crippen LogP) is 5.10. The molecule has 0 aliphatic carbocycles. The van der Waals surface area contributed by atoms with Crippen LogP contribution in [0.5, 0.6) is 5.75 Å². The molecule has 1 aromatic heterocycles. The number of H-pyrrole nitrogens is 1. The van der Waals surface area contributed by atoms with Crippen molar-refractivity contribution in [3.05, 3.63) is 30.0 Å². The van der Waals surface area contributed by atoms with Crippen molar-refractivity contribution in [3.63, 3.8) is 0 Å². The Morgan fingerprint density at radius 1 is 1.31 bits per heavy atom. The Kier molecular flexibility index (Phi) is 6.23. The summed E-state index contributed by atoms with van der Waals surface area (Å²) < 4.78 is 5.39. The van der Waals surface area contributed by atoms with Gasteiger partial charge < -0.3 is 14.6 Å². The number of nitrogens with one attached hydrogen (secondary N) is 1. The lowest BCUT2D eigenvalue weighted by Crippen LogP contribution is -2.41. The van der Waals surface area contributed by atoms with Gasteiger partial charge in [0.1, 0.15) is 5.75 Å². The molecular formula is C22H32N2O2. The van der Waals surface area contributed by atoms with E-state index in [0.717, 1.165) is 62.9 Å². The normalized spacial score (nSPS) is 16.8. The summed E-state index contributed by atoms with van der Waals surface area (Å²) in [6.07, 6.45) is 8.53. The summed E-state index contributed by atoms with van der Waals surface area (Å²) in [7, 11) is 1.71. The van der Waals surface area contributed by atoms with Crippen molar-refractivity contribution in [2.75, 3.05) is 20.2 Å². The maximum Gasteiger partial charge on any atom is 0.225 e. The molecule has 1 aromatic carbocycles. The third-order valence-electron chi connectivity index (χ3n) is 5.92. The monoisotopic (exact) mass is 356 g/mol. The molecule has 3 rings (SSSR count). The first-order valence-electron chi connectivity index (χ1n) is 10.1. The zero-order chi connectivity index (χ0) is 18.5. The van der Waals surface area contributed by atoms with Gasteiger partial charge in [0, 0.05) is 36.1 Å². The third-order valence-corrected chi connectivity index (χ3v) is 5.92. The first kappa shape index (κ1) is 18.8. The number of ether oxygens (including phenoxy) is 1. The molecule has 26 heavy (non-hydrogen) atoms. The van der Waals surface area contributed by atoms with Crippen molar-refractivity contribution in [2.45, 2.75) is 58.3 Å². The molecule has 1 fully saturated rings. The second-order valence-corrected chi connectivity index (χ2v) is 7.50. The van der Waals surface area contributed by atoms with E-state index < -0.39 is 0 Å². The van der Waals surface area contributed by atoms with Gasteiger partial charge in [-0.2, -0.15) is 0 Å². The highest BCUT2D eigenvalue weighted by atomic mass is 16.5. The van der Waals surface area contributed by atoms with E-state index in [1.54, 1.807) is 7.11 Å². The van der Waals surface area contributed by atoms with Crippen molar-refractivity contribution in [2.24, 2.45) is 5.92 Å². The highest BCUT2D eigenvalue weighted by Crippen LogP contribution is 2.35. The first-order chi connectivity index (χ1) is 12.7. The molecule has 1 saturated heterocycles. The molecule has 4 heteroatoms. The van der Waals surface area contributed by atoms with E-state index in [2.05, 4.69) is 42.1 Å². The largest absolute Gasteiger partial charge is 0.497 e. The van der Waals surface area contributed by atoms with Gasteiger partial charge in [-0.1, -0.05) is 26.7 Å². The minimum atomic E-state index is 0.212. The molecule has 1 N–H and O–H groups in total. The lowest BCUT2D eigenvalue weighted by atomic mass is 9.88. The summed E-state index contributed by atoms with van der Waals surface area (Å²) in [6.45, 7) is 6.09. The van der Waals surface area contributed by atoms with Crippen molar-refractivity contribution < 1.29 is 9.53 Å². The van der Waals surface area contributed by atoms with Gasteiger partial charge >= 0.3 is 0 Å². The van der Waals surface area contributed by atoms with E-state index in [9.17, 15) is 4.79 Å². The van der Waals surface area contributed by atoms with Crippen molar-refractivity contribution in [1.82, 2.24) is 9.88 Å². The Hall–Kier alpha value is -1.97. The smallest absolute Gasteiger partial charge is 0.225 e. The fraction of sp³-hybridized carbons (Fsp3) is 0.591. The number of fused-ring (bicyclic) bond motifs is 1. The van der Waals surface area contributed by atoms with Gasteiger partial charge in [-0.15, -0.1) is 0 Å². The molecule has 2 heterocycles. The number of carbonyl (C=O) groups is 1. The Morgan fingerprint density at radius 3 is 2.73 bits per heavy atom. The average molecular weight is 357 g/mol. The van der Waals surface area contributed by atoms with E-state index >= 15 is 0 Å². The molecule has 1 unspecified atom stereocenters. The Balaban J connectivity index is 1.66. The first-order valence-corrected chi connectivity index (χ1v) is 10.1. The topological polar surface area (TPSA) is 45.3 Å². The number of piperidine rings is 1. The molecule has 0 spiro atoms. The van der Waals surface area contributed by atoms with Gasteiger partial charge in [0.05, 0.1) is 7.11 Å². The average Bonchev–Trinajstić information content (AvgIpc) is 3.11. The van der Waals surface area contributed by atoms with Crippen LogP contribution in [0, 0.1) is 5.92 Å². The molecule has 4 nitrogen and oxygen atoms in total. The Bertz CT molecular complexity index is 729. The van der Waals surface area contributed by atoms with Gasteiger partial charge in [0.25, 0.3) is 0 Å². The summed E-state index contributed by atoms with van der Waals surface area (Å²) in [5, 5.41) is 1.25. The van der Waals surface area contributed by atoms with E-state index in [1.165, 1.54) is 10.9 Å². The molecule has 0 radical (unpaired) electrons. The van der Waals surface area contributed by atoms with Crippen LogP contribution in [0.3, 0.4) is 0 Å². The number of hydrogen-bond acceptors (Lipinski definition) is 2. The summed E-state index contributed by atoms with van der Waals surface area (Å²) in [6, 6.07) is 6.19. The molecular weight excluding hydrogens is 324 g/mol. The maximum atomic E-state index is 12.8. The number of likely N-dealkylation sites (tertiary alicyclic amines) is 1. The van der Waals surface area contributed by atoms with Gasteiger partial charge in [-0.3, -0.25) is 4.79 Å². The van der Waals surface area contributed by atoms with Crippen LogP contribution >= 0.6 is 0 Å². The molecule has 2 aromatic rings. The summed E-state index contributed by atoms with van der Waals surface area (Å²) in [5.41, 5.74) is 2.52. The highest BCUT2D eigenvalue weighted by molar-refractivity contribution is 5.85. The zero-order valence-corrected chi connectivity index (χ0v) is 16.4. The predicted molar refractivity (Wildman–Crippen MR) is 107 cm³/mol. The van der Waals surface area contributed by atoms with Gasteiger partial charge in [-0.25, -0.2) is 0 Å². The fourth-order valence-corrected chi connectivity index (χ4v) is 4.21. The van der Waals surface area contributed by atoms with Gasteiger partial charge in [0.2, 0.25) is 5.91 Å². The standard InChI is InChI=1S/C22H32N2O2/c1-4-6-7-16(5-2)22(25)24-12-10-17(11-13-24)20-15-23-21-9-8-18(26-3)14-19(20)21/h8-9,14-17,23H,4-7,10-13H2,1-3H3. The molecule has 142 valence electrons. The lowest BCUT2D eigenvalue weighted by molar-refractivity contribution is -0.137. The third kappa shape index (κ3) is 3.89. The van der Waals surface area contributed by atoms with Crippen LogP contribution < -0.4 is 4.74 Å². The van der Waals surface area contributed by atoms with Crippen LogP contribution in [0.15, 0.2) is 24.4 Å². The molecule has 0 saturated carbocycles. The van der Waals surface area contributed by atoms with E-state index in [0.29, 0.717) is 11.8 Å². The summed E-state index contributed by atoms with van der Waals surface area (Å²) in [4.78, 5) is 18.3. The number of amides is 1. The number of carbonyl (C=O) groups excluding carboxylic acids is 1. The second-order valence-electron chi connectivity index (χ2n) is 7.50. The maximum absolute atomic E-state index is 12.8. The second kappa shape index (κ2) is 8.61. The number of rotatable bonds is 7. The molecule has 0 bridgehead atoms. The van der Waals surface area contributed by atoms with Crippen LogP contribution in [-0.4, -0.2) is 36.0 Å². The van der Waals surface area contributed by atoms with Crippen LogP contribution in [0.25, 0.3) is 10.9 Å². The minimum Gasteiger partial charge on any atom is -0.497 e. The van der Waals surface area contributed by atoms with E-state index in [-0.39, 0.29) is 5.92 Å². The van der Waals surface area contributed by atoms with Crippen molar-refractivity contribution in [1.29, 1.82) is 0 Å². The molecule has 1 atom stereocenters. The van der Waals surface area contributed by atoms with Crippen LogP contribution in [0.2, 0.25) is 0 Å².